The number of phenolic OH excluding ortho intramolecular Hbond substituents is 1. The molecule has 3 N–H and O–H groups in total. The Labute approximate surface area is 172 Å². The van der Waals surface area contributed by atoms with Crippen LogP contribution in [0.15, 0.2) is 18.2 Å². The van der Waals surface area contributed by atoms with Crippen molar-refractivity contribution in [3.8, 4) is 5.75 Å². The Hall–Kier alpha value is -1.99. The molecule has 1 amide bonds. The number of nitrogens with one attached hydrogen (secondary N) is 1. The highest BCUT2D eigenvalue weighted by molar-refractivity contribution is 5.71. The van der Waals surface area contributed by atoms with E-state index in [9.17, 15) is 15.0 Å². The Morgan fingerprint density at radius 1 is 1.28 bits per heavy atom. The monoisotopic (exact) mass is 400 g/mol. The predicted molar refractivity (Wildman–Crippen MR) is 111 cm³/mol. The van der Waals surface area contributed by atoms with Crippen LogP contribution in [-0.2, 0) is 5.41 Å². The quantitative estimate of drug-likeness (QED) is 0.707. The van der Waals surface area contributed by atoms with Crippen LogP contribution in [0.5, 0.6) is 5.75 Å². The van der Waals surface area contributed by atoms with Gasteiger partial charge in [0.2, 0.25) is 0 Å². The lowest BCUT2D eigenvalue weighted by Gasteiger charge is -2.50. The standard InChI is InChI=1S/C22H32N4O3/c1-21-16-10-15(27)4-5-17(16)25(3)19(21)24(2)12-18(21)26(20(28)29)22-8-6-14(7-9-22)11-23-13-22/h4-5,10,14,18-19,23,27H,6-9,11-13H2,1-3H3,(H,28,29)/t14?,18?,19-,21-,22?/m1/s1. The summed E-state index contributed by atoms with van der Waals surface area (Å²) in [4.78, 5) is 19.1. The van der Waals surface area contributed by atoms with Gasteiger partial charge in [0.1, 0.15) is 5.75 Å². The van der Waals surface area contributed by atoms with E-state index in [0.717, 1.165) is 50.0 Å². The van der Waals surface area contributed by atoms with Crippen molar-refractivity contribution in [3.63, 3.8) is 0 Å². The lowest BCUT2D eigenvalue weighted by molar-refractivity contribution is 0.0108. The van der Waals surface area contributed by atoms with E-state index in [4.69, 9.17) is 0 Å². The number of rotatable bonds is 2. The average molecular weight is 401 g/mol. The number of likely N-dealkylation sites (N-methyl/N-ethyl adjacent to an activating group) is 2. The van der Waals surface area contributed by atoms with Gasteiger partial charge < -0.3 is 20.4 Å². The number of likely N-dealkylation sites (tertiary alicyclic amines) is 1. The van der Waals surface area contributed by atoms with Crippen molar-refractivity contribution in [2.75, 3.05) is 38.6 Å². The second-order valence-electron chi connectivity index (χ2n) is 9.88. The van der Waals surface area contributed by atoms with Gasteiger partial charge in [0.05, 0.1) is 23.2 Å². The molecule has 1 aromatic rings. The molecule has 4 heterocycles. The van der Waals surface area contributed by atoms with Crippen LogP contribution in [-0.4, -0.2) is 77.6 Å². The third-order valence-electron chi connectivity index (χ3n) is 8.37. The van der Waals surface area contributed by atoms with Crippen LogP contribution >= 0.6 is 0 Å². The normalized spacial score (nSPS) is 38.6. The van der Waals surface area contributed by atoms with Gasteiger partial charge in [-0.1, -0.05) is 6.92 Å². The minimum absolute atomic E-state index is 0.0672. The second kappa shape index (κ2) is 6.25. The van der Waals surface area contributed by atoms with Crippen LogP contribution < -0.4 is 10.2 Å². The molecule has 5 aliphatic rings. The van der Waals surface area contributed by atoms with Crippen LogP contribution in [0.3, 0.4) is 0 Å². The molecule has 7 nitrogen and oxygen atoms in total. The van der Waals surface area contributed by atoms with Crippen LogP contribution in [0.1, 0.15) is 38.2 Å². The number of amides is 1. The van der Waals surface area contributed by atoms with Gasteiger partial charge in [0.25, 0.3) is 0 Å². The minimum Gasteiger partial charge on any atom is -0.508 e. The summed E-state index contributed by atoms with van der Waals surface area (Å²) in [7, 11) is 4.16. The molecule has 6 rings (SSSR count). The SMILES string of the molecule is CN1CC(N(C(=O)O)C23CCC(CC2)CNC3)[C@@]2(C)c3cc(O)ccc3N(C)[C@@H]12. The van der Waals surface area contributed by atoms with E-state index < -0.39 is 11.5 Å². The van der Waals surface area contributed by atoms with Crippen LogP contribution in [0.2, 0.25) is 0 Å². The fourth-order valence-corrected chi connectivity index (χ4v) is 7.05. The molecule has 4 fully saturated rings. The molecule has 4 aliphatic heterocycles. The van der Waals surface area contributed by atoms with Crippen molar-refractivity contribution in [3.05, 3.63) is 23.8 Å². The summed E-state index contributed by atoms with van der Waals surface area (Å²) in [5.74, 6) is 0.912. The van der Waals surface area contributed by atoms with E-state index in [1.54, 1.807) is 6.07 Å². The summed E-state index contributed by atoms with van der Waals surface area (Å²) in [6.07, 6.45) is 3.30. The predicted octanol–water partition coefficient (Wildman–Crippen LogP) is 2.25. The molecule has 1 unspecified atom stereocenters. The van der Waals surface area contributed by atoms with Gasteiger partial charge in [-0.15, -0.1) is 0 Å². The van der Waals surface area contributed by atoms with E-state index in [1.165, 1.54) is 0 Å². The van der Waals surface area contributed by atoms with Crippen molar-refractivity contribution < 1.29 is 15.0 Å². The molecule has 7 heteroatoms. The molecule has 29 heavy (non-hydrogen) atoms. The van der Waals surface area contributed by atoms with Crippen molar-refractivity contribution >= 4 is 11.8 Å². The first-order chi connectivity index (χ1) is 13.8. The Kier molecular flexibility index (Phi) is 4.10. The largest absolute Gasteiger partial charge is 0.508 e. The molecule has 158 valence electrons. The lowest BCUT2D eigenvalue weighted by Crippen LogP contribution is -2.64. The van der Waals surface area contributed by atoms with Crippen molar-refractivity contribution in [2.45, 2.75) is 55.8 Å². The van der Waals surface area contributed by atoms with Crippen molar-refractivity contribution in [1.82, 2.24) is 15.1 Å². The smallest absolute Gasteiger partial charge is 0.408 e. The van der Waals surface area contributed by atoms with Gasteiger partial charge in [-0.25, -0.2) is 4.79 Å². The molecular weight excluding hydrogens is 368 g/mol. The van der Waals surface area contributed by atoms with Crippen LogP contribution in [0, 0.1) is 5.92 Å². The molecule has 1 aliphatic carbocycles. The van der Waals surface area contributed by atoms with Crippen molar-refractivity contribution in [2.24, 2.45) is 5.92 Å². The highest BCUT2D eigenvalue weighted by atomic mass is 16.4. The summed E-state index contributed by atoms with van der Waals surface area (Å²) in [6.45, 7) is 4.62. The summed E-state index contributed by atoms with van der Waals surface area (Å²) in [5.41, 5.74) is 1.38. The van der Waals surface area contributed by atoms with E-state index in [2.05, 4.69) is 36.1 Å². The number of carbonyl (C=O) groups is 1. The number of fused-ring (bicyclic) bond motifs is 7. The zero-order chi connectivity index (χ0) is 20.6. The number of hydrogen-bond acceptors (Lipinski definition) is 5. The third kappa shape index (κ3) is 2.46. The van der Waals surface area contributed by atoms with Crippen LogP contribution in [0.25, 0.3) is 0 Å². The maximum absolute atomic E-state index is 12.8. The fourth-order valence-electron chi connectivity index (χ4n) is 7.05. The Bertz CT molecular complexity index is 832. The molecular formula is C22H32N4O3. The topological polar surface area (TPSA) is 79.3 Å². The number of aromatic hydroxyl groups is 1. The number of carboxylic acid groups (broad SMARTS) is 1. The number of phenols is 1. The van der Waals surface area contributed by atoms with Crippen LogP contribution in [0.4, 0.5) is 10.5 Å². The van der Waals surface area contributed by atoms with Gasteiger partial charge >= 0.3 is 6.09 Å². The Morgan fingerprint density at radius 3 is 2.69 bits per heavy atom. The number of nitrogens with zero attached hydrogens (tertiary/aromatic N) is 3. The van der Waals surface area contributed by atoms with Gasteiger partial charge in [-0.3, -0.25) is 9.80 Å². The molecule has 1 saturated carbocycles. The molecule has 1 aromatic carbocycles. The summed E-state index contributed by atoms with van der Waals surface area (Å²) >= 11 is 0. The number of benzene rings is 1. The van der Waals surface area contributed by atoms with Gasteiger partial charge in [0, 0.05) is 25.8 Å². The maximum atomic E-state index is 12.8. The highest BCUT2D eigenvalue weighted by Gasteiger charge is 2.63. The van der Waals surface area contributed by atoms with Gasteiger partial charge in [-0.05, 0) is 69.0 Å². The zero-order valence-corrected chi connectivity index (χ0v) is 17.6. The average Bonchev–Trinajstić information content (AvgIpc) is 2.89. The van der Waals surface area contributed by atoms with E-state index in [0.29, 0.717) is 12.5 Å². The molecule has 0 aromatic heterocycles. The van der Waals surface area contributed by atoms with E-state index in [-0.39, 0.29) is 23.5 Å². The summed E-state index contributed by atoms with van der Waals surface area (Å²) in [6, 6.07) is 5.36. The number of hydrogen-bond donors (Lipinski definition) is 3. The van der Waals surface area contributed by atoms with Gasteiger partial charge in [0.15, 0.2) is 0 Å². The lowest BCUT2D eigenvalue weighted by atomic mass is 9.72. The zero-order valence-electron chi connectivity index (χ0n) is 17.6. The van der Waals surface area contributed by atoms with Gasteiger partial charge in [-0.2, -0.15) is 0 Å². The molecule has 2 bridgehead atoms. The first-order valence-electron chi connectivity index (χ1n) is 10.8. The molecule has 3 atom stereocenters. The number of anilines is 1. The summed E-state index contributed by atoms with van der Waals surface area (Å²) in [5, 5.41) is 24.3. The Balaban J connectivity index is 1.63. The first-order valence-corrected chi connectivity index (χ1v) is 10.8. The van der Waals surface area contributed by atoms with E-state index in [1.807, 2.05) is 17.0 Å². The fraction of sp³-hybridized carbons (Fsp3) is 0.682. The van der Waals surface area contributed by atoms with Crippen molar-refractivity contribution in [1.29, 1.82) is 0 Å². The summed E-state index contributed by atoms with van der Waals surface area (Å²) < 4.78 is 0. The molecule has 3 saturated heterocycles. The molecule has 0 radical (unpaired) electrons. The third-order valence-corrected chi connectivity index (χ3v) is 8.37. The van der Waals surface area contributed by atoms with E-state index >= 15 is 0 Å². The highest BCUT2D eigenvalue weighted by Crippen LogP contribution is 2.55. The first kappa shape index (κ1) is 19.0. The maximum Gasteiger partial charge on any atom is 0.408 e. The minimum atomic E-state index is -0.816. The molecule has 0 spiro atoms. The second-order valence-corrected chi connectivity index (χ2v) is 9.88. The Morgan fingerprint density at radius 2 is 2.00 bits per heavy atom.